The lowest BCUT2D eigenvalue weighted by atomic mass is 9.94. The monoisotopic (exact) mass is 444 g/mol. The summed E-state index contributed by atoms with van der Waals surface area (Å²) < 4.78 is 10.7. The molecule has 0 bridgehead atoms. The van der Waals surface area contributed by atoms with E-state index in [1.54, 1.807) is 36.4 Å². The molecular weight excluding hydrogens is 420 g/mol. The van der Waals surface area contributed by atoms with E-state index in [-0.39, 0.29) is 11.3 Å². The van der Waals surface area contributed by atoms with E-state index in [1.165, 1.54) is 25.2 Å². The molecule has 0 spiro atoms. The summed E-state index contributed by atoms with van der Waals surface area (Å²) in [6, 6.07) is 11.0. The third-order valence-electron chi connectivity index (χ3n) is 5.19. The number of methoxy groups -OCH3 is 2. The van der Waals surface area contributed by atoms with Gasteiger partial charge in [-0.05, 0) is 38.4 Å². The van der Waals surface area contributed by atoms with E-state index >= 15 is 0 Å². The maximum absolute atomic E-state index is 13.1. The Morgan fingerprint density at radius 2 is 1.77 bits per heavy atom. The van der Waals surface area contributed by atoms with E-state index in [0.29, 0.717) is 40.7 Å². The Labute approximate surface area is 186 Å². The first-order chi connectivity index (χ1) is 14.8. The van der Waals surface area contributed by atoms with Crippen molar-refractivity contribution in [1.82, 2.24) is 9.80 Å². The number of benzene rings is 2. The molecule has 1 aliphatic heterocycles. The van der Waals surface area contributed by atoms with Gasteiger partial charge in [0.15, 0.2) is 0 Å². The zero-order chi connectivity index (χ0) is 22.7. The Hall–Kier alpha value is -3.03. The number of halogens is 1. The van der Waals surface area contributed by atoms with Crippen molar-refractivity contribution in [3.8, 4) is 11.5 Å². The van der Waals surface area contributed by atoms with Crippen LogP contribution in [0, 0.1) is 0 Å². The number of carbonyl (C=O) groups is 2. The minimum Gasteiger partial charge on any atom is -0.507 e. The summed E-state index contributed by atoms with van der Waals surface area (Å²) in [5, 5.41) is 11.5. The van der Waals surface area contributed by atoms with Gasteiger partial charge >= 0.3 is 0 Å². The van der Waals surface area contributed by atoms with Crippen molar-refractivity contribution >= 4 is 29.1 Å². The molecule has 164 valence electrons. The number of hydrogen-bond donors (Lipinski definition) is 1. The number of Topliss-reactive ketones (excluding diaryl/α,β-unsaturated/α-hetero) is 1. The molecule has 2 aromatic rings. The Bertz CT molecular complexity index is 1030. The van der Waals surface area contributed by atoms with Gasteiger partial charge in [0, 0.05) is 24.2 Å². The van der Waals surface area contributed by atoms with Gasteiger partial charge in [0.05, 0.1) is 30.9 Å². The van der Waals surface area contributed by atoms with Crippen molar-refractivity contribution in [1.29, 1.82) is 0 Å². The van der Waals surface area contributed by atoms with Crippen LogP contribution in [0.2, 0.25) is 5.02 Å². The molecule has 31 heavy (non-hydrogen) atoms. The van der Waals surface area contributed by atoms with Crippen LogP contribution in [-0.2, 0) is 9.59 Å². The fraction of sp³-hybridized carbons (Fsp3) is 0.304. The molecule has 1 N–H and O–H groups in total. The zero-order valence-corrected chi connectivity index (χ0v) is 18.6. The largest absolute Gasteiger partial charge is 0.507 e. The number of aliphatic hydroxyl groups is 1. The molecule has 0 radical (unpaired) electrons. The summed E-state index contributed by atoms with van der Waals surface area (Å²) in [5.74, 6) is -0.844. The number of para-hydroxylation sites is 1. The third kappa shape index (κ3) is 4.38. The second-order valence-electron chi connectivity index (χ2n) is 7.39. The van der Waals surface area contributed by atoms with E-state index in [0.717, 1.165) is 0 Å². The van der Waals surface area contributed by atoms with Crippen molar-refractivity contribution in [3.05, 3.63) is 64.2 Å². The number of rotatable bonds is 7. The van der Waals surface area contributed by atoms with Gasteiger partial charge in [-0.15, -0.1) is 0 Å². The number of likely N-dealkylation sites (tertiary alicyclic amines) is 1. The number of aliphatic hydroxyl groups excluding tert-OH is 1. The molecule has 1 atom stereocenters. The minimum absolute atomic E-state index is 0.00219. The van der Waals surface area contributed by atoms with Gasteiger partial charge in [0.1, 0.15) is 17.3 Å². The predicted octanol–water partition coefficient (Wildman–Crippen LogP) is 3.34. The van der Waals surface area contributed by atoms with E-state index < -0.39 is 17.7 Å². The van der Waals surface area contributed by atoms with Crippen molar-refractivity contribution in [2.24, 2.45) is 0 Å². The normalized spacial score (nSPS) is 18.0. The fourth-order valence-corrected chi connectivity index (χ4v) is 3.79. The first-order valence-electron chi connectivity index (χ1n) is 9.70. The molecule has 2 aromatic carbocycles. The van der Waals surface area contributed by atoms with Crippen LogP contribution in [0.5, 0.6) is 11.5 Å². The summed E-state index contributed by atoms with van der Waals surface area (Å²) in [6.45, 7) is 0.856. The van der Waals surface area contributed by atoms with Crippen molar-refractivity contribution in [3.63, 3.8) is 0 Å². The average molecular weight is 445 g/mol. The highest BCUT2D eigenvalue weighted by atomic mass is 35.5. The highest BCUT2D eigenvalue weighted by molar-refractivity contribution is 6.46. The van der Waals surface area contributed by atoms with Gasteiger partial charge in [0.2, 0.25) is 0 Å². The van der Waals surface area contributed by atoms with Crippen LogP contribution in [-0.4, -0.2) is 68.0 Å². The molecule has 1 amide bonds. The molecule has 8 heteroatoms. The average Bonchev–Trinajstić information content (AvgIpc) is 3.02. The standard InChI is InChI=1S/C23H25ClN2O5/c1-25(2)11-12-26-20(15-7-5-6-8-17(15)30-3)19(22(28)23(26)29)21(27)14-9-10-16(24)18(13-14)31-4/h5-10,13,20,27H,11-12H2,1-4H3/b21-19+. The lowest BCUT2D eigenvalue weighted by Gasteiger charge is -2.27. The molecule has 1 saturated heterocycles. The molecular formula is C23H25ClN2O5. The van der Waals surface area contributed by atoms with Crippen LogP contribution in [0.15, 0.2) is 48.0 Å². The second kappa shape index (κ2) is 9.41. The molecule has 3 rings (SSSR count). The van der Waals surface area contributed by atoms with Gasteiger partial charge in [-0.3, -0.25) is 9.59 Å². The van der Waals surface area contributed by atoms with Crippen molar-refractivity contribution in [2.45, 2.75) is 6.04 Å². The zero-order valence-electron chi connectivity index (χ0n) is 17.9. The van der Waals surface area contributed by atoms with E-state index in [1.807, 2.05) is 19.0 Å². The van der Waals surface area contributed by atoms with Crippen molar-refractivity contribution < 1.29 is 24.2 Å². The maximum atomic E-state index is 13.1. The molecule has 0 saturated carbocycles. The van der Waals surface area contributed by atoms with Crippen molar-refractivity contribution in [2.75, 3.05) is 41.4 Å². The topological polar surface area (TPSA) is 79.3 Å². The van der Waals surface area contributed by atoms with Crippen LogP contribution in [0.1, 0.15) is 17.2 Å². The quantitative estimate of drug-likeness (QED) is 0.401. The first kappa shape index (κ1) is 22.7. The van der Waals surface area contributed by atoms with E-state index in [4.69, 9.17) is 21.1 Å². The van der Waals surface area contributed by atoms with Gasteiger partial charge in [-0.1, -0.05) is 29.8 Å². The number of nitrogens with zero attached hydrogens (tertiary/aromatic N) is 2. The predicted molar refractivity (Wildman–Crippen MR) is 119 cm³/mol. The second-order valence-corrected chi connectivity index (χ2v) is 7.79. The smallest absolute Gasteiger partial charge is 0.295 e. The summed E-state index contributed by atoms with van der Waals surface area (Å²) in [6.07, 6.45) is 0. The fourth-order valence-electron chi connectivity index (χ4n) is 3.60. The lowest BCUT2D eigenvalue weighted by Crippen LogP contribution is -2.35. The van der Waals surface area contributed by atoms with Crippen LogP contribution in [0.25, 0.3) is 5.76 Å². The molecule has 1 aliphatic rings. The number of hydrogen-bond acceptors (Lipinski definition) is 6. The van der Waals surface area contributed by atoms with Gasteiger partial charge < -0.3 is 24.4 Å². The molecule has 0 aromatic heterocycles. The van der Waals surface area contributed by atoms with E-state index in [2.05, 4.69) is 0 Å². The Morgan fingerprint density at radius 1 is 1.10 bits per heavy atom. The highest BCUT2D eigenvalue weighted by Gasteiger charge is 2.46. The summed E-state index contributed by atoms with van der Waals surface area (Å²) in [5.41, 5.74) is 0.940. The summed E-state index contributed by atoms with van der Waals surface area (Å²) in [7, 11) is 6.75. The number of ketones is 1. The van der Waals surface area contributed by atoms with Crippen LogP contribution in [0.4, 0.5) is 0 Å². The highest BCUT2D eigenvalue weighted by Crippen LogP contribution is 2.43. The van der Waals surface area contributed by atoms with Crippen LogP contribution >= 0.6 is 11.6 Å². The number of amides is 1. The molecule has 1 heterocycles. The number of likely N-dealkylation sites (N-methyl/N-ethyl adjacent to an activating group) is 1. The summed E-state index contributed by atoms with van der Waals surface area (Å²) in [4.78, 5) is 29.4. The Morgan fingerprint density at radius 3 is 2.42 bits per heavy atom. The molecule has 7 nitrogen and oxygen atoms in total. The lowest BCUT2D eigenvalue weighted by molar-refractivity contribution is -0.140. The third-order valence-corrected chi connectivity index (χ3v) is 5.50. The first-order valence-corrected chi connectivity index (χ1v) is 10.1. The minimum atomic E-state index is -0.794. The molecule has 0 aliphatic carbocycles. The number of ether oxygens (including phenoxy) is 2. The van der Waals surface area contributed by atoms with Gasteiger partial charge in [-0.25, -0.2) is 0 Å². The van der Waals surface area contributed by atoms with Crippen LogP contribution < -0.4 is 9.47 Å². The SMILES string of the molecule is COc1cc(/C(O)=C2\C(=O)C(=O)N(CCN(C)C)C2c2ccccc2OC)ccc1Cl. The van der Waals surface area contributed by atoms with Gasteiger partial charge in [0.25, 0.3) is 11.7 Å². The van der Waals surface area contributed by atoms with Gasteiger partial charge in [-0.2, -0.15) is 0 Å². The van der Waals surface area contributed by atoms with Crippen LogP contribution in [0.3, 0.4) is 0 Å². The molecule has 1 fully saturated rings. The van der Waals surface area contributed by atoms with E-state index in [9.17, 15) is 14.7 Å². The molecule has 1 unspecified atom stereocenters. The Balaban J connectivity index is 2.21. The Kier molecular flexibility index (Phi) is 6.87. The maximum Gasteiger partial charge on any atom is 0.295 e. The summed E-state index contributed by atoms with van der Waals surface area (Å²) >= 11 is 6.10. The number of carbonyl (C=O) groups excluding carboxylic acids is 2.